The van der Waals surface area contributed by atoms with Crippen LogP contribution in [0.5, 0.6) is 0 Å². The van der Waals surface area contributed by atoms with Crippen LogP contribution in [0.2, 0.25) is 0 Å². The van der Waals surface area contributed by atoms with Crippen LogP contribution in [-0.2, 0) is 20.7 Å². The second-order valence-corrected chi connectivity index (χ2v) is 8.07. The number of methoxy groups -OCH3 is 1. The zero-order chi connectivity index (χ0) is 18.4. The number of esters is 1. The molecule has 1 fully saturated rings. The van der Waals surface area contributed by atoms with Crippen LogP contribution in [0.4, 0.5) is 0 Å². The van der Waals surface area contributed by atoms with Gasteiger partial charge in [0.05, 0.1) is 18.5 Å². The molecule has 146 valence electrons. The van der Waals surface area contributed by atoms with Crippen LogP contribution in [0.25, 0.3) is 0 Å². The van der Waals surface area contributed by atoms with E-state index in [4.69, 9.17) is 0 Å². The van der Waals surface area contributed by atoms with Crippen molar-refractivity contribution in [2.75, 3.05) is 19.4 Å². The van der Waals surface area contributed by atoms with Gasteiger partial charge < -0.3 is 10.1 Å². The highest BCUT2D eigenvalue weighted by Gasteiger charge is 2.33. The molecule has 1 saturated heterocycles. The molecular formula is C19H29ClN2O3S. The van der Waals surface area contributed by atoms with Gasteiger partial charge in [-0.25, -0.2) is 0 Å². The summed E-state index contributed by atoms with van der Waals surface area (Å²) in [5.41, 5.74) is 2.63. The zero-order valence-corrected chi connectivity index (χ0v) is 17.4. The van der Waals surface area contributed by atoms with Crippen LogP contribution in [-0.4, -0.2) is 42.7 Å². The van der Waals surface area contributed by atoms with Crippen LogP contribution in [0, 0.1) is 5.92 Å². The third-order valence-corrected chi connectivity index (χ3v) is 5.79. The molecule has 1 aromatic rings. The van der Waals surface area contributed by atoms with Gasteiger partial charge in [0.1, 0.15) is 6.54 Å². The van der Waals surface area contributed by atoms with Crippen LogP contribution in [0.3, 0.4) is 0 Å². The Balaban J connectivity index is 0.00000338. The number of hydrogen-bond acceptors (Lipinski definition) is 5. The third kappa shape index (κ3) is 6.49. The molecule has 3 atom stereocenters. The Kier molecular flexibility index (Phi) is 9.47. The summed E-state index contributed by atoms with van der Waals surface area (Å²) in [5.74, 6) is 1.06. The first kappa shape index (κ1) is 22.8. The minimum atomic E-state index is -0.439. The summed E-state index contributed by atoms with van der Waals surface area (Å²) in [6.45, 7) is 6.54. The van der Waals surface area contributed by atoms with Gasteiger partial charge >= 0.3 is 5.97 Å². The van der Waals surface area contributed by atoms with E-state index in [2.05, 4.69) is 60.4 Å². The summed E-state index contributed by atoms with van der Waals surface area (Å²) < 4.78 is 4.53. The molecule has 0 bridgehead atoms. The van der Waals surface area contributed by atoms with Crippen molar-refractivity contribution in [3.8, 4) is 0 Å². The number of ether oxygens (including phenoxy) is 1. The standard InChI is InChI=1S/C19H28N2O3S.ClH/c1-12(2)9-14-5-7-15(8-6-14)13(3)19-21-16(11-25-19)18(23)20-10-17(22)24-4;/h5-8,12-13,16,19,21H,9-11H2,1-4H3,(H,20,23);1H/t13?,16-,19?;/m0./s1. The first-order valence-corrected chi connectivity index (χ1v) is 9.76. The molecule has 0 radical (unpaired) electrons. The average molecular weight is 401 g/mol. The van der Waals surface area contributed by atoms with E-state index in [1.165, 1.54) is 18.2 Å². The number of hydrogen-bond donors (Lipinski definition) is 2. The monoisotopic (exact) mass is 400 g/mol. The van der Waals surface area contributed by atoms with Gasteiger partial charge in [-0.1, -0.05) is 45.0 Å². The van der Waals surface area contributed by atoms with Crippen LogP contribution in [0.15, 0.2) is 24.3 Å². The molecule has 7 heteroatoms. The molecule has 1 aliphatic rings. The van der Waals surface area contributed by atoms with Crippen molar-refractivity contribution in [2.45, 2.75) is 44.5 Å². The van der Waals surface area contributed by atoms with Crippen molar-refractivity contribution in [2.24, 2.45) is 5.92 Å². The van der Waals surface area contributed by atoms with E-state index < -0.39 is 5.97 Å². The second kappa shape index (κ2) is 10.8. The number of rotatable bonds is 7. The summed E-state index contributed by atoms with van der Waals surface area (Å²) >= 11 is 1.75. The maximum Gasteiger partial charge on any atom is 0.325 e. The maximum atomic E-state index is 12.1. The fourth-order valence-corrected chi connectivity index (χ4v) is 4.25. The van der Waals surface area contributed by atoms with Crippen LogP contribution >= 0.6 is 24.2 Å². The summed E-state index contributed by atoms with van der Waals surface area (Å²) in [7, 11) is 1.31. The highest BCUT2D eigenvalue weighted by molar-refractivity contribution is 8.00. The first-order chi connectivity index (χ1) is 11.9. The van der Waals surface area contributed by atoms with Gasteiger partial charge in [-0.05, 0) is 23.5 Å². The Hall–Kier alpha value is -1.24. The number of halogens is 1. The number of thioether (sulfide) groups is 1. The predicted octanol–water partition coefficient (Wildman–Crippen LogP) is 2.73. The van der Waals surface area contributed by atoms with Gasteiger partial charge in [0.15, 0.2) is 0 Å². The number of carbonyl (C=O) groups is 2. The molecule has 0 saturated carbocycles. The second-order valence-electron chi connectivity index (χ2n) is 6.90. The normalized spacial score (nSPS) is 20.3. The average Bonchev–Trinajstić information content (AvgIpc) is 3.09. The lowest BCUT2D eigenvalue weighted by Gasteiger charge is -2.21. The van der Waals surface area contributed by atoms with E-state index in [9.17, 15) is 9.59 Å². The quantitative estimate of drug-likeness (QED) is 0.689. The van der Waals surface area contributed by atoms with Gasteiger partial charge in [0.2, 0.25) is 5.91 Å². The van der Waals surface area contributed by atoms with Crippen molar-refractivity contribution in [1.82, 2.24) is 10.6 Å². The molecule has 1 aromatic carbocycles. The molecule has 0 aromatic heterocycles. The molecule has 1 amide bonds. The zero-order valence-electron chi connectivity index (χ0n) is 15.8. The smallest absolute Gasteiger partial charge is 0.325 e. The van der Waals surface area contributed by atoms with Crippen LogP contribution in [0.1, 0.15) is 37.8 Å². The maximum absolute atomic E-state index is 12.1. The molecule has 1 heterocycles. The molecule has 0 aliphatic carbocycles. The fourth-order valence-electron chi connectivity index (χ4n) is 2.89. The Bertz CT molecular complexity index is 595. The Morgan fingerprint density at radius 3 is 2.50 bits per heavy atom. The lowest BCUT2D eigenvalue weighted by Crippen LogP contribution is -2.46. The largest absolute Gasteiger partial charge is 0.468 e. The van der Waals surface area contributed by atoms with Gasteiger partial charge in [-0.15, -0.1) is 24.2 Å². The molecule has 2 unspecified atom stereocenters. The van der Waals surface area contributed by atoms with Crippen molar-refractivity contribution < 1.29 is 14.3 Å². The Morgan fingerprint density at radius 2 is 1.92 bits per heavy atom. The van der Waals surface area contributed by atoms with E-state index in [0.29, 0.717) is 17.6 Å². The van der Waals surface area contributed by atoms with Gasteiger partial charge in [0, 0.05) is 11.7 Å². The van der Waals surface area contributed by atoms with Crippen molar-refractivity contribution in [3.63, 3.8) is 0 Å². The number of amides is 1. The molecule has 26 heavy (non-hydrogen) atoms. The topological polar surface area (TPSA) is 67.4 Å². The highest BCUT2D eigenvalue weighted by Crippen LogP contribution is 2.32. The van der Waals surface area contributed by atoms with Crippen LogP contribution < -0.4 is 10.6 Å². The molecule has 5 nitrogen and oxygen atoms in total. The summed E-state index contributed by atoms with van der Waals surface area (Å²) in [6.07, 6.45) is 1.09. The lowest BCUT2D eigenvalue weighted by atomic mass is 9.96. The number of benzene rings is 1. The Morgan fingerprint density at radius 1 is 1.27 bits per heavy atom. The molecule has 1 aliphatic heterocycles. The van der Waals surface area contributed by atoms with E-state index in [1.807, 2.05) is 0 Å². The summed E-state index contributed by atoms with van der Waals surface area (Å²) in [5, 5.41) is 6.17. The summed E-state index contributed by atoms with van der Waals surface area (Å²) in [6, 6.07) is 8.50. The number of nitrogens with one attached hydrogen (secondary N) is 2. The predicted molar refractivity (Wildman–Crippen MR) is 109 cm³/mol. The molecule has 2 N–H and O–H groups in total. The third-order valence-electron chi connectivity index (χ3n) is 4.36. The van der Waals surface area contributed by atoms with Gasteiger partial charge in [-0.3, -0.25) is 14.9 Å². The number of carbonyl (C=O) groups excluding carboxylic acids is 2. The van der Waals surface area contributed by atoms with Gasteiger partial charge in [0.25, 0.3) is 0 Å². The van der Waals surface area contributed by atoms with E-state index in [-0.39, 0.29) is 36.3 Å². The highest BCUT2D eigenvalue weighted by atomic mass is 35.5. The summed E-state index contributed by atoms with van der Waals surface area (Å²) in [4.78, 5) is 23.2. The van der Waals surface area contributed by atoms with E-state index >= 15 is 0 Å². The molecule has 0 spiro atoms. The Labute approximate surface area is 166 Å². The molecular weight excluding hydrogens is 372 g/mol. The van der Waals surface area contributed by atoms with Gasteiger partial charge in [-0.2, -0.15) is 0 Å². The van der Waals surface area contributed by atoms with Crippen molar-refractivity contribution >= 4 is 36.0 Å². The van der Waals surface area contributed by atoms with E-state index in [0.717, 1.165) is 6.42 Å². The minimum absolute atomic E-state index is 0. The lowest BCUT2D eigenvalue weighted by molar-refractivity contribution is -0.141. The molecule has 2 rings (SSSR count). The van der Waals surface area contributed by atoms with Crippen molar-refractivity contribution in [1.29, 1.82) is 0 Å². The fraction of sp³-hybridized carbons (Fsp3) is 0.579. The SMILES string of the molecule is COC(=O)CNC(=O)[C@@H]1CSC(C(C)c2ccc(CC(C)C)cc2)N1.Cl. The van der Waals surface area contributed by atoms with Crippen molar-refractivity contribution in [3.05, 3.63) is 35.4 Å². The minimum Gasteiger partial charge on any atom is -0.468 e. The van der Waals surface area contributed by atoms with E-state index in [1.54, 1.807) is 11.8 Å². The first-order valence-electron chi connectivity index (χ1n) is 8.71.